The van der Waals surface area contributed by atoms with E-state index in [-0.39, 0.29) is 0 Å². The lowest BCUT2D eigenvalue weighted by molar-refractivity contribution is 0.357. The fourth-order valence-electron chi connectivity index (χ4n) is 2.93. The Hall–Kier alpha value is -1.12. The molecular formula is C19H27NS. The van der Waals surface area contributed by atoms with Crippen molar-refractivity contribution in [3.8, 4) is 0 Å². The van der Waals surface area contributed by atoms with Crippen molar-refractivity contribution in [1.82, 2.24) is 5.32 Å². The van der Waals surface area contributed by atoms with Gasteiger partial charge in [-0.2, -0.15) is 0 Å². The molecule has 0 aliphatic carbocycles. The molecule has 114 valence electrons. The van der Waals surface area contributed by atoms with Crippen LogP contribution in [0.4, 0.5) is 0 Å². The van der Waals surface area contributed by atoms with E-state index in [0.29, 0.717) is 0 Å². The molecule has 1 fully saturated rings. The van der Waals surface area contributed by atoms with Crippen LogP contribution in [0.3, 0.4) is 0 Å². The fourth-order valence-corrected chi connectivity index (χ4v) is 3.75. The van der Waals surface area contributed by atoms with Gasteiger partial charge in [-0.25, -0.2) is 0 Å². The number of aryl methyl sites for hydroxylation is 2. The number of piperidine rings is 1. The van der Waals surface area contributed by atoms with Crippen LogP contribution in [0.1, 0.15) is 41.7 Å². The van der Waals surface area contributed by atoms with Crippen molar-refractivity contribution in [1.29, 1.82) is 0 Å². The highest BCUT2D eigenvalue weighted by Crippen LogP contribution is 2.28. The lowest BCUT2D eigenvalue weighted by atomic mass is 9.91. The molecule has 2 heteroatoms. The maximum absolute atomic E-state index is 4.36. The number of allylic oxidation sites excluding steroid dienone is 1. The summed E-state index contributed by atoms with van der Waals surface area (Å²) in [7, 11) is 0. The summed E-state index contributed by atoms with van der Waals surface area (Å²) in [4.78, 5) is 1.35. The first-order chi connectivity index (χ1) is 10.2. The summed E-state index contributed by atoms with van der Waals surface area (Å²) in [6, 6.07) is 8.64. The maximum atomic E-state index is 4.36. The van der Waals surface area contributed by atoms with Gasteiger partial charge in [0.25, 0.3) is 0 Å². The topological polar surface area (TPSA) is 12.0 Å². The Morgan fingerprint density at radius 2 is 2.05 bits per heavy atom. The monoisotopic (exact) mass is 301 g/mol. The first-order valence-corrected chi connectivity index (χ1v) is 8.82. The first kappa shape index (κ1) is 16.3. The Kier molecular flexibility index (Phi) is 6.47. The van der Waals surface area contributed by atoms with Gasteiger partial charge in [0.15, 0.2) is 0 Å². The smallest absolute Gasteiger partial charge is 0.0325 e. The predicted octanol–water partition coefficient (Wildman–Crippen LogP) is 5.28. The largest absolute Gasteiger partial charge is 0.317 e. The maximum Gasteiger partial charge on any atom is 0.0325 e. The summed E-state index contributed by atoms with van der Waals surface area (Å²) in [6.45, 7) is 11.1. The predicted molar refractivity (Wildman–Crippen MR) is 95.3 cm³/mol. The van der Waals surface area contributed by atoms with Gasteiger partial charge in [0.05, 0.1) is 0 Å². The van der Waals surface area contributed by atoms with Gasteiger partial charge < -0.3 is 5.32 Å². The van der Waals surface area contributed by atoms with Crippen LogP contribution in [-0.2, 0) is 0 Å². The minimum atomic E-state index is 0.875. The molecule has 1 aromatic heterocycles. The van der Waals surface area contributed by atoms with Gasteiger partial charge in [-0.05, 0) is 75.1 Å². The Labute approximate surface area is 133 Å². The van der Waals surface area contributed by atoms with E-state index in [1.807, 2.05) is 0 Å². The molecule has 0 spiro atoms. The van der Waals surface area contributed by atoms with E-state index in [2.05, 4.69) is 55.4 Å². The van der Waals surface area contributed by atoms with Crippen molar-refractivity contribution >= 4 is 16.9 Å². The number of hydrogen-bond acceptors (Lipinski definition) is 2. The summed E-state index contributed by atoms with van der Waals surface area (Å²) in [5, 5.41) is 5.60. The van der Waals surface area contributed by atoms with Crippen molar-refractivity contribution < 1.29 is 0 Å². The highest BCUT2D eigenvalue weighted by molar-refractivity contribution is 7.10. The van der Waals surface area contributed by atoms with Crippen molar-refractivity contribution in [3.63, 3.8) is 0 Å². The van der Waals surface area contributed by atoms with Gasteiger partial charge in [0, 0.05) is 4.88 Å². The molecule has 1 aromatic rings. The zero-order chi connectivity index (χ0) is 15.1. The number of rotatable bonds is 4. The van der Waals surface area contributed by atoms with Crippen LogP contribution in [0.15, 0.2) is 36.2 Å². The van der Waals surface area contributed by atoms with Crippen molar-refractivity contribution in [2.45, 2.75) is 39.5 Å². The molecule has 0 atom stereocenters. The molecule has 0 saturated carbocycles. The second kappa shape index (κ2) is 8.35. The molecule has 0 bridgehead atoms. The van der Waals surface area contributed by atoms with Crippen LogP contribution >= 0.6 is 11.3 Å². The Morgan fingerprint density at radius 3 is 2.81 bits per heavy atom. The molecule has 2 rings (SSSR count). The summed E-state index contributed by atoms with van der Waals surface area (Å²) in [6.07, 6.45) is 5.05. The van der Waals surface area contributed by atoms with Crippen molar-refractivity contribution in [2.75, 3.05) is 13.1 Å². The second-order valence-corrected chi connectivity index (χ2v) is 6.96. The molecule has 0 unspecified atom stereocenters. The average Bonchev–Trinajstić information content (AvgIpc) is 2.56. The molecular weight excluding hydrogens is 274 g/mol. The standard InChI is InChI=1S/C19H27NS/c1-15-6-4-5-13-21-19(17(3)14-15)16(2)7-8-18-9-11-20-12-10-18/h4-6,13-14,18,20H,2,7-12H2,1,3H3. The van der Waals surface area contributed by atoms with E-state index >= 15 is 0 Å². The molecule has 0 radical (unpaired) electrons. The van der Waals surface area contributed by atoms with Gasteiger partial charge in [0.2, 0.25) is 0 Å². The number of hydrogen-bond donors (Lipinski definition) is 1. The van der Waals surface area contributed by atoms with Crippen LogP contribution in [0.25, 0.3) is 5.57 Å². The Bertz CT molecular complexity index is 522. The molecule has 21 heavy (non-hydrogen) atoms. The quantitative estimate of drug-likeness (QED) is 0.797. The van der Waals surface area contributed by atoms with Gasteiger partial charge >= 0.3 is 0 Å². The average molecular weight is 301 g/mol. The molecule has 1 aliphatic rings. The van der Waals surface area contributed by atoms with Crippen LogP contribution in [0, 0.1) is 19.8 Å². The summed E-state index contributed by atoms with van der Waals surface area (Å²) in [5.41, 5.74) is 3.93. The minimum Gasteiger partial charge on any atom is -0.317 e. The highest BCUT2D eigenvalue weighted by atomic mass is 32.1. The third-order valence-electron chi connectivity index (χ3n) is 4.17. The Morgan fingerprint density at radius 1 is 1.29 bits per heavy atom. The van der Waals surface area contributed by atoms with E-state index in [4.69, 9.17) is 0 Å². The van der Waals surface area contributed by atoms with Gasteiger partial charge in [-0.1, -0.05) is 36.4 Å². The lowest BCUT2D eigenvalue weighted by Gasteiger charge is -2.22. The molecule has 1 aliphatic heterocycles. The van der Waals surface area contributed by atoms with Gasteiger partial charge in [-0.3, -0.25) is 0 Å². The molecule has 1 N–H and O–H groups in total. The van der Waals surface area contributed by atoms with E-state index in [9.17, 15) is 0 Å². The van der Waals surface area contributed by atoms with Crippen LogP contribution < -0.4 is 5.32 Å². The summed E-state index contributed by atoms with van der Waals surface area (Å²) >= 11 is 1.81. The molecule has 1 saturated heterocycles. The minimum absolute atomic E-state index is 0.875. The van der Waals surface area contributed by atoms with Gasteiger partial charge in [0.1, 0.15) is 0 Å². The molecule has 0 amide bonds. The molecule has 1 nitrogen and oxygen atoms in total. The van der Waals surface area contributed by atoms with E-state index in [1.165, 1.54) is 53.9 Å². The third-order valence-corrected chi connectivity index (χ3v) is 5.31. The van der Waals surface area contributed by atoms with E-state index < -0.39 is 0 Å². The highest BCUT2D eigenvalue weighted by Gasteiger charge is 2.13. The summed E-state index contributed by atoms with van der Waals surface area (Å²) in [5.74, 6) is 0.875. The van der Waals surface area contributed by atoms with Crippen molar-refractivity contribution in [3.05, 3.63) is 52.2 Å². The third kappa shape index (κ3) is 5.29. The molecule has 2 heterocycles. The SMILES string of the molecule is C=C(CCC1CCNCC1)c1sccccc(C)cc1C. The van der Waals surface area contributed by atoms with Gasteiger partial charge in [-0.15, -0.1) is 11.3 Å². The van der Waals surface area contributed by atoms with Crippen LogP contribution in [0.2, 0.25) is 0 Å². The zero-order valence-electron chi connectivity index (χ0n) is 13.3. The molecule has 0 aromatic carbocycles. The van der Waals surface area contributed by atoms with E-state index in [1.54, 1.807) is 11.3 Å². The van der Waals surface area contributed by atoms with Crippen LogP contribution in [-0.4, -0.2) is 13.1 Å². The number of nitrogens with one attached hydrogen (secondary N) is 1. The van der Waals surface area contributed by atoms with E-state index in [0.717, 1.165) is 12.3 Å². The first-order valence-electron chi connectivity index (χ1n) is 7.94. The second-order valence-electron chi connectivity index (χ2n) is 6.04. The van der Waals surface area contributed by atoms with Crippen LogP contribution in [0.5, 0.6) is 0 Å². The lowest BCUT2D eigenvalue weighted by Crippen LogP contribution is -2.27. The Balaban J connectivity index is 2.09. The normalized spacial score (nSPS) is 15.5. The fraction of sp³-hybridized carbons (Fsp3) is 0.474. The zero-order valence-corrected chi connectivity index (χ0v) is 14.1. The summed E-state index contributed by atoms with van der Waals surface area (Å²) < 4.78 is 0. The van der Waals surface area contributed by atoms with Crippen molar-refractivity contribution in [2.24, 2.45) is 5.92 Å².